The second-order valence-corrected chi connectivity index (χ2v) is 5.07. The summed E-state index contributed by atoms with van der Waals surface area (Å²) in [6.45, 7) is 0.344. The molecule has 1 aliphatic carbocycles. The molecule has 0 aliphatic heterocycles. The van der Waals surface area contributed by atoms with E-state index in [-0.39, 0.29) is 24.4 Å². The van der Waals surface area contributed by atoms with E-state index < -0.39 is 0 Å². The summed E-state index contributed by atoms with van der Waals surface area (Å²) in [5.41, 5.74) is 8.18. The van der Waals surface area contributed by atoms with Gasteiger partial charge in [-0.05, 0) is 24.1 Å². The van der Waals surface area contributed by atoms with E-state index >= 15 is 0 Å². The lowest BCUT2D eigenvalue weighted by Gasteiger charge is -2.06. The number of benzene rings is 1. The van der Waals surface area contributed by atoms with Gasteiger partial charge in [-0.3, -0.25) is 9.78 Å². The van der Waals surface area contributed by atoms with Crippen molar-refractivity contribution >= 4 is 18.3 Å². The van der Waals surface area contributed by atoms with Crippen LogP contribution in [0.3, 0.4) is 0 Å². The van der Waals surface area contributed by atoms with Gasteiger partial charge in [0.1, 0.15) is 0 Å². The number of carbonyl (C=O) groups is 1. The van der Waals surface area contributed by atoms with E-state index in [0.29, 0.717) is 18.0 Å². The zero-order valence-corrected chi connectivity index (χ0v) is 12.3. The minimum Gasteiger partial charge on any atom is -0.349 e. The number of hydrogen-bond acceptors (Lipinski definition) is 3. The van der Waals surface area contributed by atoms with E-state index in [2.05, 4.69) is 22.4 Å². The molecule has 0 saturated heterocycles. The molecule has 2 unspecified atom stereocenters. The smallest absolute Gasteiger partial charge is 0.251 e. The first-order valence-corrected chi connectivity index (χ1v) is 6.78. The fourth-order valence-corrected chi connectivity index (χ4v) is 2.41. The molecule has 1 heterocycles. The van der Waals surface area contributed by atoms with E-state index in [0.717, 1.165) is 12.1 Å². The Morgan fingerprint density at radius 3 is 2.76 bits per heavy atom. The average molecular weight is 304 g/mol. The van der Waals surface area contributed by atoms with Gasteiger partial charge >= 0.3 is 0 Å². The average Bonchev–Trinajstić information content (AvgIpc) is 3.27. The Balaban J connectivity index is 0.00000161. The molecule has 3 N–H and O–H groups in total. The maximum absolute atomic E-state index is 12.2. The van der Waals surface area contributed by atoms with Crippen molar-refractivity contribution in [3.8, 4) is 0 Å². The lowest BCUT2D eigenvalue weighted by atomic mass is 10.1. The molecule has 4 nitrogen and oxygen atoms in total. The van der Waals surface area contributed by atoms with Gasteiger partial charge in [0, 0.05) is 30.3 Å². The molecule has 1 amide bonds. The van der Waals surface area contributed by atoms with Gasteiger partial charge in [0.25, 0.3) is 5.91 Å². The maximum Gasteiger partial charge on any atom is 0.251 e. The van der Waals surface area contributed by atoms with Crippen LogP contribution in [-0.2, 0) is 6.54 Å². The summed E-state index contributed by atoms with van der Waals surface area (Å²) >= 11 is 0. The standard InChI is InChI=1S/C16H17N3O.ClH/c17-10-13-8-12(6-7-18-13)16(20)19-15-9-14(15)11-4-2-1-3-5-11;/h1-8,14-15H,9-10,17H2,(H,19,20);1H. The SMILES string of the molecule is Cl.NCc1cc(C(=O)NC2CC2c2ccccc2)ccn1. The van der Waals surface area contributed by atoms with Crippen LogP contribution in [0.1, 0.15) is 34.0 Å². The Hall–Kier alpha value is -1.91. The second kappa shape index (κ2) is 6.70. The molecule has 1 fully saturated rings. The van der Waals surface area contributed by atoms with Crippen molar-refractivity contribution in [2.24, 2.45) is 5.73 Å². The zero-order chi connectivity index (χ0) is 13.9. The quantitative estimate of drug-likeness (QED) is 0.910. The van der Waals surface area contributed by atoms with Crippen molar-refractivity contribution in [3.05, 3.63) is 65.5 Å². The molecule has 2 atom stereocenters. The van der Waals surface area contributed by atoms with Gasteiger partial charge in [-0.15, -0.1) is 12.4 Å². The minimum atomic E-state index is -0.0504. The van der Waals surface area contributed by atoms with Crippen LogP contribution >= 0.6 is 12.4 Å². The summed E-state index contributed by atoms with van der Waals surface area (Å²) in [6, 6.07) is 14.0. The Labute approximate surface area is 130 Å². The predicted octanol–water partition coefficient (Wildman–Crippen LogP) is 2.25. The summed E-state index contributed by atoms with van der Waals surface area (Å²) in [4.78, 5) is 16.3. The lowest BCUT2D eigenvalue weighted by molar-refractivity contribution is 0.0950. The molecule has 1 aromatic carbocycles. The van der Waals surface area contributed by atoms with Gasteiger partial charge in [0.15, 0.2) is 0 Å². The largest absolute Gasteiger partial charge is 0.349 e. The monoisotopic (exact) mass is 303 g/mol. The van der Waals surface area contributed by atoms with Crippen molar-refractivity contribution in [1.82, 2.24) is 10.3 Å². The molecule has 1 aliphatic rings. The van der Waals surface area contributed by atoms with Crippen LogP contribution < -0.4 is 11.1 Å². The Kier molecular flexibility index (Phi) is 4.94. The van der Waals surface area contributed by atoms with Gasteiger partial charge in [0.2, 0.25) is 0 Å². The first kappa shape index (κ1) is 15.5. The topological polar surface area (TPSA) is 68.0 Å². The molecule has 0 radical (unpaired) electrons. The molecule has 5 heteroatoms. The van der Waals surface area contributed by atoms with E-state index in [1.807, 2.05) is 18.2 Å². The van der Waals surface area contributed by atoms with Crippen LogP contribution in [-0.4, -0.2) is 16.9 Å². The Bertz CT molecular complexity index is 618. The number of nitrogens with one attached hydrogen (secondary N) is 1. The van der Waals surface area contributed by atoms with Gasteiger partial charge in [-0.1, -0.05) is 30.3 Å². The molecule has 1 aromatic heterocycles. The number of amides is 1. The van der Waals surface area contributed by atoms with Crippen molar-refractivity contribution in [2.75, 3.05) is 0 Å². The summed E-state index contributed by atoms with van der Waals surface area (Å²) in [6.07, 6.45) is 2.63. The summed E-state index contributed by atoms with van der Waals surface area (Å²) in [7, 11) is 0. The van der Waals surface area contributed by atoms with Crippen LogP contribution in [0.25, 0.3) is 0 Å². The van der Waals surface area contributed by atoms with Gasteiger partial charge in [0.05, 0.1) is 5.69 Å². The van der Waals surface area contributed by atoms with Crippen molar-refractivity contribution in [3.63, 3.8) is 0 Å². The maximum atomic E-state index is 12.2. The molecular formula is C16H18ClN3O. The van der Waals surface area contributed by atoms with Crippen molar-refractivity contribution < 1.29 is 4.79 Å². The van der Waals surface area contributed by atoms with Crippen LogP contribution in [0.2, 0.25) is 0 Å². The van der Waals surface area contributed by atoms with Gasteiger partial charge < -0.3 is 11.1 Å². The summed E-state index contributed by atoms with van der Waals surface area (Å²) in [5.74, 6) is 0.390. The highest BCUT2D eigenvalue weighted by Crippen LogP contribution is 2.40. The summed E-state index contributed by atoms with van der Waals surface area (Å²) in [5, 5.41) is 3.06. The number of hydrogen-bond donors (Lipinski definition) is 2. The van der Waals surface area contributed by atoms with E-state index in [9.17, 15) is 4.79 Å². The highest BCUT2D eigenvalue weighted by atomic mass is 35.5. The third kappa shape index (κ3) is 3.60. The van der Waals surface area contributed by atoms with Crippen LogP contribution in [0.4, 0.5) is 0 Å². The number of pyridine rings is 1. The Morgan fingerprint density at radius 2 is 2.05 bits per heavy atom. The normalized spacial score (nSPS) is 19.5. The fraction of sp³-hybridized carbons (Fsp3) is 0.250. The minimum absolute atomic E-state index is 0. The number of rotatable bonds is 4. The third-order valence-corrected chi connectivity index (χ3v) is 3.62. The highest BCUT2D eigenvalue weighted by Gasteiger charge is 2.39. The molecule has 3 rings (SSSR count). The predicted molar refractivity (Wildman–Crippen MR) is 84.4 cm³/mol. The van der Waals surface area contributed by atoms with E-state index in [1.165, 1.54) is 5.56 Å². The summed E-state index contributed by atoms with van der Waals surface area (Å²) < 4.78 is 0. The molecule has 0 spiro atoms. The van der Waals surface area contributed by atoms with Crippen molar-refractivity contribution in [2.45, 2.75) is 24.9 Å². The zero-order valence-electron chi connectivity index (χ0n) is 11.5. The first-order chi connectivity index (χ1) is 9.78. The second-order valence-electron chi connectivity index (χ2n) is 5.07. The van der Waals surface area contributed by atoms with Crippen LogP contribution in [0.5, 0.6) is 0 Å². The molecule has 21 heavy (non-hydrogen) atoms. The molecule has 2 aromatic rings. The van der Waals surface area contributed by atoms with E-state index in [4.69, 9.17) is 5.73 Å². The number of nitrogens with two attached hydrogens (primary N) is 1. The molecule has 1 saturated carbocycles. The van der Waals surface area contributed by atoms with Gasteiger partial charge in [-0.25, -0.2) is 0 Å². The first-order valence-electron chi connectivity index (χ1n) is 6.78. The Morgan fingerprint density at radius 1 is 1.29 bits per heavy atom. The molecule has 110 valence electrons. The third-order valence-electron chi connectivity index (χ3n) is 3.62. The highest BCUT2D eigenvalue weighted by molar-refractivity contribution is 5.94. The van der Waals surface area contributed by atoms with Crippen LogP contribution in [0, 0.1) is 0 Å². The van der Waals surface area contributed by atoms with Crippen molar-refractivity contribution in [1.29, 1.82) is 0 Å². The molecule has 0 bridgehead atoms. The molecular weight excluding hydrogens is 286 g/mol. The van der Waals surface area contributed by atoms with E-state index in [1.54, 1.807) is 18.3 Å². The van der Waals surface area contributed by atoms with Crippen LogP contribution in [0.15, 0.2) is 48.7 Å². The number of aromatic nitrogens is 1. The number of halogens is 1. The fourth-order valence-electron chi connectivity index (χ4n) is 2.41. The number of nitrogens with zero attached hydrogens (tertiary/aromatic N) is 1. The lowest BCUT2D eigenvalue weighted by Crippen LogP contribution is -2.26. The number of carbonyl (C=O) groups excluding carboxylic acids is 1. The van der Waals surface area contributed by atoms with Gasteiger partial charge in [-0.2, -0.15) is 0 Å².